The molecule has 20 heavy (non-hydrogen) atoms. The number of rotatable bonds is 2. The second-order valence-electron chi connectivity index (χ2n) is 7.82. The lowest BCUT2D eigenvalue weighted by atomic mass is 9.54. The SMILES string of the molecule is CO[C@@H]1[C@H]2[C@@H]3C[C@H]4[C@H]5[C@@H]3[C@H]1[C@@H]5[C@@](O)(c1ccccc1)[C@@H]42. The summed E-state index contributed by atoms with van der Waals surface area (Å²) in [5.41, 5.74) is 0.621. The molecule has 1 aromatic rings. The van der Waals surface area contributed by atoms with E-state index in [9.17, 15) is 5.11 Å². The van der Waals surface area contributed by atoms with E-state index in [-0.39, 0.29) is 0 Å². The van der Waals surface area contributed by atoms with Crippen LogP contribution in [0.5, 0.6) is 0 Å². The fourth-order valence-corrected chi connectivity index (χ4v) is 7.91. The predicted octanol–water partition coefficient (Wildman–Crippen LogP) is 2.28. The average Bonchev–Trinajstić information content (AvgIpc) is 2.98. The quantitative estimate of drug-likeness (QED) is 0.891. The Morgan fingerprint density at radius 3 is 2.55 bits per heavy atom. The number of aliphatic hydroxyl groups is 1. The number of methoxy groups -OCH3 is 1. The Kier molecular flexibility index (Phi) is 1.62. The lowest BCUT2D eigenvalue weighted by molar-refractivity contribution is -0.183. The molecule has 2 nitrogen and oxygen atoms in total. The second kappa shape index (κ2) is 3.00. The van der Waals surface area contributed by atoms with Gasteiger partial charge in [-0.05, 0) is 47.5 Å². The highest BCUT2D eigenvalue weighted by molar-refractivity contribution is 5.40. The van der Waals surface area contributed by atoms with E-state index in [0.717, 1.165) is 23.7 Å². The van der Waals surface area contributed by atoms with Crippen molar-refractivity contribution in [1.82, 2.24) is 0 Å². The van der Waals surface area contributed by atoms with E-state index >= 15 is 0 Å². The van der Waals surface area contributed by atoms with Gasteiger partial charge in [-0.25, -0.2) is 0 Å². The van der Waals surface area contributed by atoms with Crippen LogP contribution in [0.2, 0.25) is 0 Å². The van der Waals surface area contributed by atoms with Crippen LogP contribution in [0.15, 0.2) is 30.3 Å². The molecule has 1 aromatic carbocycles. The molecule has 2 bridgehead atoms. The van der Waals surface area contributed by atoms with Gasteiger partial charge in [-0.15, -0.1) is 0 Å². The lowest BCUT2D eigenvalue weighted by Crippen LogP contribution is -2.57. The number of benzene rings is 1. The van der Waals surface area contributed by atoms with Crippen LogP contribution in [-0.4, -0.2) is 18.3 Å². The van der Waals surface area contributed by atoms with Crippen molar-refractivity contribution >= 4 is 0 Å². The summed E-state index contributed by atoms with van der Waals surface area (Å²) in [6.07, 6.45) is 1.81. The van der Waals surface area contributed by atoms with E-state index < -0.39 is 5.60 Å². The molecule has 2 heteroatoms. The Hall–Kier alpha value is -0.860. The Balaban J connectivity index is 1.58. The first-order chi connectivity index (χ1) is 9.78. The van der Waals surface area contributed by atoms with E-state index in [1.54, 1.807) is 0 Å². The Morgan fingerprint density at radius 1 is 1.00 bits per heavy atom. The molecule has 5 aliphatic carbocycles. The first-order valence-electron chi connectivity index (χ1n) is 8.09. The third kappa shape index (κ3) is 0.791. The molecule has 5 saturated carbocycles. The Morgan fingerprint density at radius 2 is 1.80 bits per heavy atom. The van der Waals surface area contributed by atoms with Crippen molar-refractivity contribution in [2.75, 3.05) is 7.11 Å². The van der Waals surface area contributed by atoms with Gasteiger partial charge in [-0.1, -0.05) is 30.3 Å². The lowest BCUT2D eigenvalue weighted by Gasteiger charge is -2.54. The first-order valence-corrected chi connectivity index (χ1v) is 8.09. The second-order valence-corrected chi connectivity index (χ2v) is 7.82. The van der Waals surface area contributed by atoms with Crippen molar-refractivity contribution in [2.24, 2.45) is 47.3 Å². The highest BCUT2D eigenvalue weighted by atomic mass is 16.5. The fraction of sp³-hybridized carbons (Fsp3) is 0.667. The maximum absolute atomic E-state index is 11.7. The molecule has 10 atom stereocenters. The minimum absolute atomic E-state index is 0.438. The summed E-state index contributed by atoms with van der Waals surface area (Å²) in [6, 6.07) is 10.5. The van der Waals surface area contributed by atoms with E-state index in [0.29, 0.717) is 29.8 Å². The Labute approximate surface area is 119 Å². The van der Waals surface area contributed by atoms with E-state index in [1.165, 1.54) is 12.0 Å². The molecular weight excluding hydrogens is 248 g/mol. The fourth-order valence-electron chi connectivity index (χ4n) is 7.91. The van der Waals surface area contributed by atoms with Gasteiger partial charge >= 0.3 is 0 Å². The molecule has 0 unspecified atom stereocenters. The predicted molar refractivity (Wildman–Crippen MR) is 73.7 cm³/mol. The van der Waals surface area contributed by atoms with Crippen molar-refractivity contribution in [3.05, 3.63) is 35.9 Å². The molecule has 0 heterocycles. The minimum atomic E-state index is -0.553. The largest absolute Gasteiger partial charge is 0.385 e. The summed E-state index contributed by atoms with van der Waals surface area (Å²) in [5, 5.41) is 11.7. The summed E-state index contributed by atoms with van der Waals surface area (Å²) < 4.78 is 5.89. The molecule has 5 aliphatic rings. The zero-order valence-corrected chi connectivity index (χ0v) is 11.6. The van der Waals surface area contributed by atoms with Gasteiger partial charge < -0.3 is 9.84 Å². The monoisotopic (exact) mass is 268 g/mol. The maximum atomic E-state index is 11.7. The number of ether oxygens (including phenoxy) is 1. The van der Waals surface area contributed by atoms with Crippen LogP contribution >= 0.6 is 0 Å². The number of fused-ring (bicyclic) bond motifs is 2. The molecule has 1 N–H and O–H groups in total. The van der Waals surface area contributed by atoms with Crippen LogP contribution in [0.3, 0.4) is 0 Å². The standard InChI is InChI=1S/C18H20O2/c1-20-17-13-9-7-10-12-11(9)14(17)16(12)18(19,15(10)13)8-5-3-2-4-6-8/h2-6,9-17,19H,7H2,1H3/t9-,10+,11-,12+,13+,14+,15+,16-,17-,18-/m1/s1. The van der Waals surface area contributed by atoms with Gasteiger partial charge in [0.25, 0.3) is 0 Å². The van der Waals surface area contributed by atoms with Gasteiger partial charge in [-0.2, -0.15) is 0 Å². The van der Waals surface area contributed by atoms with Gasteiger partial charge in [0.1, 0.15) is 0 Å². The molecular formula is C18H20O2. The van der Waals surface area contributed by atoms with Crippen molar-refractivity contribution < 1.29 is 9.84 Å². The average molecular weight is 268 g/mol. The zero-order chi connectivity index (χ0) is 13.2. The van der Waals surface area contributed by atoms with Crippen molar-refractivity contribution in [2.45, 2.75) is 18.1 Å². The molecule has 0 radical (unpaired) electrons. The zero-order valence-electron chi connectivity index (χ0n) is 11.6. The molecule has 0 aliphatic heterocycles. The van der Waals surface area contributed by atoms with Crippen LogP contribution in [-0.2, 0) is 10.3 Å². The molecule has 0 spiro atoms. The van der Waals surface area contributed by atoms with Crippen LogP contribution in [0, 0.1) is 47.3 Å². The van der Waals surface area contributed by atoms with Crippen molar-refractivity contribution in [1.29, 1.82) is 0 Å². The molecule has 0 amide bonds. The number of hydrogen-bond donors (Lipinski definition) is 1. The Bertz CT molecular complexity index is 599. The highest BCUT2D eigenvalue weighted by Gasteiger charge is 2.87. The van der Waals surface area contributed by atoms with Crippen LogP contribution in [0.4, 0.5) is 0 Å². The van der Waals surface area contributed by atoms with Crippen LogP contribution < -0.4 is 0 Å². The van der Waals surface area contributed by atoms with Crippen LogP contribution in [0.1, 0.15) is 12.0 Å². The topological polar surface area (TPSA) is 29.5 Å². The van der Waals surface area contributed by atoms with Gasteiger partial charge in [0, 0.05) is 18.9 Å². The third-order valence-electron chi connectivity index (χ3n) is 7.91. The van der Waals surface area contributed by atoms with Crippen molar-refractivity contribution in [3.63, 3.8) is 0 Å². The van der Waals surface area contributed by atoms with Crippen molar-refractivity contribution in [3.8, 4) is 0 Å². The number of hydrogen-bond acceptors (Lipinski definition) is 2. The summed E-state index contributed by atoms with van der Waals surface area (Å²) >= 11 is 0. The minimum Gasteiger partial charge on any atom is -0.385 e. The summed E-state index contributed by atoms with van der Waals surface area (Å²) in [4.78, 5) is 0. The summed E-state index contributed by atoms with van der Waals surface area (Å²) in [7, 11) is 1.89. The molecule has 5 fully saturated rings. The highest BCUT2D eigenvalue weighted by Crippen LogP contribution is 2.87. The van der Waals surface area contributed by atoms with Gasteiger partial charge in [-0.3, -0.25) is 0 Å². The summed E-state index contributed by atoms with van der Waals surface area (Å²) in [6.45, 7) is 0. The summed E-state index contributed by atoms with van der Waals surface area (Å²) in [5.74, 6) is 5.52. The van der Waals surface area contributed by atoms with Crippen LogP contribution in [0.25, 0.3) is 0 Å². The maximum Gasteiger partial charge on any atom is 0.0965 e. The van der Waals surface area contributed by atoms with Gasteiger partial charge in [0.2, 0.25) is 0 Å². The molecule has 104 valence electrons. The van der Waals surface area contributed by atoms with Gasteiger partial charge in [0.15, 0.2) is 0 Å². The molecule has 0 saturated heterocycles. The van der Waals surface area contributed by atoms with E-state index in [1.807, 2.05) is 7.11 Å². The normalized spacial score (nSPS) is 63.2. The smallest absolute Gasteiger partial charge is 0.0965 e. The first kappa shape index (κ1) is 10.8. The van der Waals surface area contributed by atoms with E-state index in [2.05, 4.69) is 30.3 Å². The van der Waals surface area contributed by atoms with Gasteiger partial charge in [0.05, 0.1) is 11.7 Å². The van der Waals surface area contributed by atoms with E-state index in [4.69, 9.17) is 4.74 Å². The molecule has 6 rings (SSSR count). The third-order valence-corrected chi connectivity index (χ3v) is 7.91. The molecule has 0 aromatic heterocycles.